The molecule has 3 heteroatoms. The molecule has 1 unspecified atom stereocenters. The van der Waals surface area contributed by atoms with E-state index in [0.29, 0.717) is 6.04 Å². The number of hydrogen-bond acceptors (Lipinski definition) is 3. The highest BCUT2D eigenvalue weighted by molar-refractivity contribution is 5.32. The van der Waals surface area contributed by atoms with E-state index in [9.17, 15) is 0 Å². The summed E-state index contributed by atoms with van der Waals surface area (Å²) in [5.74, 6) is 1.90. The maximum absolute atomic E-state index is 4.12. The van der Waals surface area contributed by atoms with Gasteiger partial charge in [-0.05, 0) is 25.3 Å². The van der Waals surface area contributed by atoms with Crippen LogP contribution >= 0.6 is 0 Å². The molecule has 1 atom stereocenters. The summed E-state index contributed by atoms with van der Waals surface area (Å²) in [6.07, 6.45) is 7.43. The zero-order valence-electron chi connectivity index (χ0n) is 7.90. The summed E-state index contributed by atoms with van der Waals surface area (Å²) in [7, 11) is 0. The average Bonchev–Trinajstić information content (AvgIpc) is 2.90. The Hall–Kier alpha value is -1.12. The van der Waals surface area contributed by atoms with Crippen molar-refractivity contribution in [2.75, 3.05) is 5.32 Å². The molecular weight excluding hydrogens is 162 g/mol. The highest BCUT2D eigenvalue weighted by atomic mass is 15.0. The lowest BCUT2D eigenvalue weighted by Crippen LogP contribution is -2.16. The van der Waals surface area contributed by atoms with E-state index in [4.69, 9.17) is 0 Å². The Labute approximate surface area is 78.6 Å². The molecule has 70 valence electrons. The lowest BCUT2D eigenvalue weighted by atomic mass is 10.1. The second-order valence-corrected chi connectivity index (χ2v) is 3.82. The fraction of sp³-hybridized carbons (Fsp3) is 0.600. The summed E-state index contributed by atoms with van der Waals surface area (Å²) in [5, 5.41) is 3.36. The van der Waals surface area contributed by atoms with Crippen LogP contribution in [0.15, 0.2) is 18.6 Å². The van der Waals surface area contributed by atoms with Crippen LogP contribution in [0.1, 0.15) is 26.2 Å². The highest BCUT2D eigenvalue weighted by Gasteiger charge is 2.23. The summed E-state index contributed by atoms with van der Waals surface area (Å²) in [6.45, 7) is 2.21. The van der Waals surface area contributed by atoms with Crippen LogP contribution in [0, 0.1) is 5.92 Å². The Balaban J connectivity index is 1.82. The van der Waals surface area contributed by atoms with Gasteiger partial charge in [-0.2, -0.15) is 0 Å². The zero-order chi connectivity index (χ0) is 9.10. The number of nitrogens with zero attached hydrogens (tertiary/aromatic N) is 2. The SMILES string of the molecule is CC(CC1CC1)Nc1ccncn1. The van der Waals surface area contributed by atoms with Gasteiger partial charge in [0.25, 0.3) is 0 Å². The van der Waals surface area contributed by atoms with Crippen molar-refractivity contribution in [3.8, 4) is 0 Å². The minimum Gasteiger partial charge on any atom is -0.368 e. The molecule has 0 aliphatic heterocycles. The normalized spacial score (nSPS) is 18.2. The molecule has 0 amide bonds. The number of hydrogen-bond donors (Lipinski definition) is 1. The first-order valence-corrected chi connectivity index (χ1v) is 4.87. The summed E-state index contributed by atoms with van der Waals surface area (Å²) in [4.78, 5) is 8.00. The predicted octanol–water partition coefficient (Wildman–Crippen LogP) is 2.08. The molecule has 1 fully saturated rings. The Morgan fingerprint density at radius 2 is 2.46 bits per heavy atom. The molecule has 0 saturated heterocycles. The van der Waals surface area contributed by atoms with Crippen LogP contribution in [-0.4, -0.2) is 16.0 Å². The van der Waals surface area contributed by atoms with E-state index < -0.39 is 0 Å². The quantitative estimate of drug-likeness (QED) is 0.765. The second kappa shape index (κ2) is 3.73. The van der Waals surface area contributed by atoms with Crippen LogP contribution in [0.3, 0.4) is 0 Å². The molecule has 1 aromatic rings. The van der Waals surface area contributed by atoms with Crippen molar-refractivity contribution < 1.29 is 0 Å². The van der Waals surface area contributed by atoms with Gasteiger partial charge in [-0.3, -0.25) is 0 Å². The van der Waals surface area contributed by atoms with E-state index >= 15 is 0 Å². The third kappa shape index (κ3) is 2.68. The molecule has 0 radical (unpaired) electrons. The van der Waals surface area contributed by atoms with Gasteiger partial charge >= 0.3 is 0 Å². The monoisotopic (exact) mass is 177 g/mol. The van der Waals surface area contributed by atoms with Crippen LogP contribution in [0.2, 0.25) is 0 Å². The zero-order valence-corrected chi connectivity index (χ0v) is 7.90. The molecule has 1 aromatic heterocycles. The molecule has 0 aromatic carbocycles. The molecule has 1 heterocycles. The summed E-state index contributed by atoms with van der Waals surface area (Å²) in [5.41, 5.74) is 0. The molecule has 3 nitrogen and oxygen atoms in total. The van der Waals surface area contributed by atoms with Crippen molar-refractivity contribution in [2.45, 2.75) is 32.2 Å². The first kappa shape index (κ1) is 8.48. The summed E-state index contributed by atoms with van der Waals surface area (Å²) < 4.78 is 0. The fourth-order valence-corrected chi connectivity index (χ4v) is 1.54. The van der Waals surface area contributed by atoms with Crippen LogP contribution in [0.5, 0.6) is 0 Å². The summed E-state index contributed by atoms with van der Waals surface area (Å²) >= 11 is 0. The molecule has 1 saturated carbocycles. The molecule has 0 bridgehead atoms. The molecule has 0 spiro atoms. The van der Waals surface area contributed by atoms with Crippen molar-refractivity contribution in [3.05, 3.63) is 18.6 Å². The van der Waals surface area contributed by atoms with Gasteiger partial charge in [-0.15, -0.1) is 0 Å². The third-order valence-electron chi connectivity index (χ3n) is 2.36. The van der Waals surface area contributed by atoms with Gasteiger partial charge in [-0.1, -0.05) is 12.8 Å². The largest absolute Gasteiger partial charge is 0.368 e. The smallest absolute Gasteiger partial charge is 0.129 e. The number of anilines is 1. The van der Waals surface area contributed by atoms with Crippen molar-refractivity contribution in [1.29, 1.82) is 0 Å². The first-order valence-electron chi connectivity index (χ1n) is 4.87. The fourth-order valence-electron chi connectivity index (χ4n) is 1.54. The minimum absolute atomic E-state index is 0.530. The van der Waals surface area contributed by atoms with E-state index in [1.54, 1.807) is 12.5 Å². The van der Waals surface area contributed by atoms with Gasteiger partial charge in [0.2, 0.25) is 0 Å². The maximum Gasteiger partial charge on any atom is 0.129 e. The van der Waals surface area contributed by atoms with Gasteiger partial charge in [0.15, 0.2) is 0 Å². The van der Waals surface area contributed by atoms with Crippen molar-refractivity contribution in [3.63, 3.8) is 0 Å². The van der Waals surface area contributed by atoms with Gasteiger partial charge in [-0.25, -0.2) is 9.97 Å². The van der Waals surface area contributed by atoms with Crippen LogP contribution in [-0.2, 0) is 0 Å². The Kier molecular flexibility index (Phi) is 2.43. The standard InChI is InChI=1S/C10H15N3/c1-8(6-9-2-3-9)13-10-4-5-11-7-12-10/h4-5,7-9H,2-3,6H2,1H3,(H,11,12,13). The predicted molar refractivity (Wildman–Crippen MR) is 52.5 cm³/mol. The van der Waals surface area contributed by atoms with Crippen LogP contribution in [0.4, 0.5) is 5.82 Å². The number of nitrogens with one attached hydrogen (secondary N) is 1. The Bertz CT molecular complexity index is 256. The first-order chi connectivity index (χ1) is 6.34. The van der Waals surface area contributed by atoms with Gasteiger partial charge in [0.1, 0.15) is 12.1 Å². The van der Waals surface area contributed by atoms with E-state index in [1.165, 1.54) is 19.3 Å². The van der Waals surface area contributed by atoms with Gasteiger partial charge in [0, 0.05) is 12.2 Å². The van der Waals surface area contributed by atoms with Crippen molar-refractivity contribution in [1.82, 2.24) is 9.97 Å². The molecule has 1 aliphatic rings. The highest BCUT2D eigenvalue weighted by Crippen LogP contribution is 2.33. The van der Waals surface area contributed by atoms with E-state index in [1.807, 2.05) is 6.07 Å². The topological polar surface area (TPSA) is 37.8 Å². The lowest BCUT2D eigenvalue weighted by molar-refractivity contribution is 0.640. The van der Waals surface area contributed by atoms with E-state index in [2.05, 4.69) is 22.2 Å². The average molecular weight is 177 g/mol. The number of aromatic nitrogens is 2. The van der Waals surface area contributed by atoms with E-state index in [-0.39, 0.29) is 0 Å². The van der Waals surface area contributed by atoms with Crippen molar-refractivity contribution >= 4 is 5.82 Å². The maximum atomic E-state index is 4.12. The Morgan fingerprint density at radius 3 is 3.08 bits per heavy atom. The van der Waals surface area contributed by atoms with E-state index in [0.717, 1.165) is 11.7 Å². The third-order valence-corrected chi connectivity index (χ3v) is 2.36. The second-order valence-electron chi connectivity index (χ2n) is 3.82. The molecule has 13 heavy (non-hydrogen) atoms. The van der Waals surface area contributed by atoms with Gasteiger partial charge in [0.05, 0.1) is 0 Å². The van der Waals surface area contributed by atoms with Gasteiger partial charge < -0.3 is 5.32 Å². The molecular formula is C10H15N3. The summed E-state index contributed by atoms with van der Waals surface area (Å²) in [6, 6.07) is 2.44. The van der Waals surface area contributed by atoms with Crippen LogP contribution < -0.4 is 5.32 Å². The Morgan fingerprint density at radius 1 is 1.62 bits per heavy atom. The van der Waals surface area contributed by atoms with Crippen LogP contribution in [0.25, 0.3) is 0 Å². The lowest BCUT2D eigenvalue weighted by Gasteiger charge is -2.12. The number of rotatable bonds is 4. The molecule has 2 rings (SSSR count). The molecule has 1 N–H and O–H groups in total. The molecule has 1 aliphatic carbocycles. The van der Waals surface area contributed by atoms with Crippen molar-refractivity contribution in [2.24, 2.45) is 5.92 Å². The minimum atomic E-state index is 0.530.